The van der Waals surface area contributed by atoms with Crippen LogP contribution in [0.15, 0.2) is 16.5 Å². The van der Waals surface area contributed by atoms with Gasteiger partial charge in [-0.3, -0.25) is 0 Å². The second-order valence-electron chi connectivity index (χ2n) is 5.95. The molecule has 156 valence electrons. The molecular formula is C15H12F3I3NO5S-. The molecule has 1 aliphatic rings. The third kappa shape index (κ3) is 5.83. The zero-order valence-corrected chi connectivity index (χ0v) is 21.1. The van der Waals surface area contributed by atoms with Gasteiger partial charge in [-0.1, -0.05) is 0 Å². The van der Waals surface area contributed by atoms with Crippen molar-refractivity contribution in [2.24, 2.45) is 10.3 Å². The predicted octanol–water partition coefficient (Wildman–Crippen LogP) is 3.82. The van der Waals surface area contributed by atoms with Crippen LogP contribution in [0, 0.1) is 16.6 Å². The summed E-state index contributed by atoms with van der Waals surface area (Å²) in [6, 6.07) is 3.66. The van der Waals surface area contributed by atoms with Gasteiger partial charge in [0.25, 0.3) is 0 Å². The van der Waals surface area contributed by atoms with E-state index in [2.05, 4.69) is 49.6 Å². The van der Waals surface area contributed by atoms with Gasteiger partial charge < -0.3 is 9.84 Å². The van der Waals surface area contributed by atoms with Crippen molar-refractivity contribution < 1.29 is 36.2 Å². The highest BCUT2D eigenvalue weighted by molar-refractivity contribution is 14.1. The molecule has 0 bridgehead atoms. The monoisotopic (exact) mass is 756 g/mol. The second-order valence-corrected chi connectivity index (χ2v) is 10.9. The van der Waals surface area contributed by atoms with E-state index in [4.69, 9.17) is 4.74 Å². The first kappa shape index (κ1) is 24.4. The van der Waals surface area contributed by atoms with Gasteiger partial charge in [0, 0.05) is 10.7 Å². The van der Waals surface area contributed by atoms with Crippen molar-refractivity contribution in [3.63, 3.8) is 0 Å². The smallest absolute Gasteiger partial charge is 0.518 e. The number of alkyl halides is 3. The molecule has 1 aromatic rings. The Balaban J connectivity index is 2.02. The molecule has 0 atom stereocenters. The van der Waals surface area contributed by atoms with Gasteiger partial charge in [0.2, 0.25) is 0 Å². The number of nitrogens with zero attached hydrogens (tertiary/aromatic N) is 1. The van der Waals surface area contributed by atoms with Crippen molar-refractivity contribution in [2.45, 2.75) is 37.3 Å². The van der Waals surface area contributed by atoms with E-state index in [1.807, 2.05) is 28.7 Å². The van der Waals surface area contributed by atoms with Crippen LogP contribution >= 0.6 is 67.8 Å². The molecule has 28 heavy (non-hydrogen) atoms. The van der Waals surface area contributed by atoms with E-state index in [1.54, 1.807) is 6.07 Å². The summed E-state index contributed by atoms with van der Waals surface area (Å²) in [5.74, 6) is -2.76. The molecule has 0 aromatic heterocycles. The first-order valence-electron chi connectivity index (χ1n) is 7.76. The maximum atomic E-state index is 12.5. The highest BCUT2D eigenvalue weighted by Crippen LogP contribution is 2.31. The summed E-state index contributed by atoms with van der Waals surface area (Å²) in [4.78, 5) is 12.5. The molecule has 0 heterocycles. The Morgan fingerprint density at radius 2 is 1.64 bits per heavy atom. The molecule has 0 unspecified atom stereocenters. The first-order valence-corrected chi connectivity index (χ1v) is 12.4. The third-order valence-corrected chi connectivity index (χ3v) is 9.00. The number of ether oxygens (including phenoxy) is 1. The molecule has 0 spiro atoms. The van der Waals surface area contributed by atoms with Crippen molar-refractivity contribution in [1.82, 2.24) is 0 Å². The number of halogens is 6. The third-order valence-electron chi connectivity index (χ3n) is 4.05. The Labute approximate surface area is 200 Å². The molecule has 0 amide bonds. The van der Waals surface area contributed by atoms with Crippen molar-refractivity contribution >= 4 is 89.7 Å². The van der Waals surface area contributed by atoms with E-state index in [-0.39, 0.29) is 25.7 Å². The van der Waals surface area contributed by atoms with E-state index in [0.717, 1.165) is 10.7 Å². The highest BCUT2D eigenvalue weighted by atomic mass is 127. The van der Waals surface area contributed by atoms with Gasteiger partial charge >= 0.3 is 21.5 Å². The SMILES string of the molecule is O=C(OC1CCC(/C([O-])=N/S(=O)(=O)C(F)(F)F)CC1)c1c(I)ccc(I)c1I. The lowest BCUT2D eigenvalue weighted by atomic mass is 9.87. The number of rotatable bonds is 4. The van der Waals surface area contributed by atoms with Gasteiger partial charge in [-0.05, 0) is 117 Å². The Kier molecular flexibility index (Phi) is 8.25. The maximum Gasteiger partial charge on any atom is 0.518 e. The quantitative estimate of drug-likeness (QED) is 0.153. The van der Waals surface area contributed by atoms with Gasteiger partial charge in [0.1, 0.15) is 6.10 Å². The Hall–Kier alpha value is 0.0900. The zero-order valence-electron chi connectivity index (χ0n) is 13.8. The molecule has 2 rings (SSSR count). The number of sulfonamides is 1. The lowest BCUT2D eigenvalue weighted by Gasteiger charge is -2.31. The largest absolute Gasteiger partial charge is 0.861 e. The van der Waals surface area contributed by atoms with E-state index in [9.17, 15) is 31.5 Å². The van der Waals surface area contributed by atoms with Crippen molar-refractivity contribution in [1.29, 1.82) is 0 Å². The minimum absolute atomic E-state index is 0.0914. The van der Waals surface area contributed by atoms with Gasteiger partial charge in [0.05, 0.1) is 5.56 Å². The Bertz CT molecular complexity index is 897. The summed E-state index contributed by atoms with van der Waals surface area (Å²) in [5.41, 5.74) is -5.16. The second kappa shape index (κ2) is 9.49. The van der Waals surface area contributed by atoms with Crippen LogP contribution < -0.4 is 5.11 Å². The lowest BCUT2D eigenvalue weighted by molar-refractivity contribution is -0.224. The van der Waals surface area contributed by atoms with Crippen LogP contribution in [0.5, 0.6) is 0 Å². The Morgan fingerprint density at radius 3 is 2.18 bits per heavy atom. The van der Waals surface area contributed by atoms with Gasteiger partial charge in [0.15, 0.2) is 0 Å². The number of carbonyl (C=O) groups excluding carboxylic acids is 1. The molecule has 1 fully saturated rings. The normalized spacial score (nSPS) is 21.4. The lowest BCUT2D eigenvalue weighted by Crippen LogP contribution is -2.36. The van der Waals surface area contributed by atoms with Gasteiger partial charge in [-0.15, -0.1) is 0 Å². The van der Waals surface area contributed by atoms with Crippen molar-refractivity contribution in [3.05, 3.63) is 28.4 Å². The fourth-order valence-electron chi connectivity index (χ4n) is 2.60. The van der Waals surface area contributed by atoms with Crippen LogP contribution in [-0.4, -0.2) is 31.9 Å². The van der Waals surface area contributed by atoms with Crippen LogP contribution in [0.25, 0.3) is 0 Å². The minimum Gasteiger partial charge on any atom is -0.861 e. The molecule has 0 aliphatic heterocycles. The van der Waals surface area contributed by atoms with Crippen LogP contribution in [0.3, 0.4) is 0 Å². The topological polar surface area (TPSA) is 95.9 Å². The first-order chi connectivity index (χ1) is 12.8. The molecule has 1 aliphatic carbocycles. The highest BCUT2D eigenvalue weighted by Gasteiger charge is 2.46. The van der Waals surface area contributed by atoms with Crippen LogP contribution in [-0.2, 0) is 14.8 Å². The van der Waals surface area contributed by atoms with Crippen molar-refractivity contribution in [2.75, 3.05) is 0 Å². The number of esters is 1. The van der Waals surface area contributed by atoms with E-state index < -0.39 is 39.4 Å². The average molecular weight is 756 g/mol. The average Bonchev–Trinajstić information content (AvgIpc) is 2.57. The molecule has 1 saturated carbocycles. The summed E-state index contributed by atoms with van der Waals surface area (Å²) in [7, 11) is -5.84. The van der Waals surface area contributed by atoms with E-state index in [0.29, 0.717) is 5.56 Å². The fraction of sp³-hybridized carbons (Fsp3) is 0.467. The molecular weight excluding hydrogens is 744 g/mol. The van der Waals surface area contributed by atoms with Crippen LogP contribution in [0.4, 0.5) is 13.2 Å². The molecule has 13 heteroatoms. The summed E-state index contributed by atoms with van der Waals surface area (Å²) >= 11 is 6.18. The summed E-state index contributed by atoms with van der Waals surface area (Å²) < 4.78 is 69.2. The van der Waals surface area contributed by atoms with Crippen LogP contribution in [0.2, 0.25) is 0 Å². The number of hydrogen-bond acceptors (Lipinski definition) is 5. The molecule has 6 nitrogen and oxygen atoms in total. The van der Waals surface area contributed by atoms with Crippen LogP contribution in [0.1, 0.15) is 36.0 Å². The fourth-order valence-corrected chi connectivity index (χ4v) is 5.41. The van der Waals surface area contributed by atoms with Crippen molar-refractivity contribution in [3.8, 4) is 0 Å². The molecule has 0 N–H and O–H groups in total. The number of carbonyl (C=O) groups is 1. The summed E-state index contributed by atoms with van der Waals surface area (Å²) in [5, 5.41) is 11.8. The molecule has 0 radical (unpaired) electrons. The standard InChI is InChI=1S/C15H13F3I3NO5S/c16-15(17,18)28(25,26)22-13(23)7-1-3-8(4-2-7)27-14(24)11-9(19)5-6-10(20)12(11)21/h5-8H,1-4H2,(H,22,23)/p-1. The van der Waals surface area contributed by atoms with E-state index >= 15 is 0 Å². The number of benzene rings is 1. The summed E-state index contributed by atoms with van der Waals surface area (Å²) in [6.45, 7) is 0. The molecule has 0 saturated heterocycles. The predicted molar refractivity (Wildman–Crippen MR) is 118 cm³/mol. The van der Waals surface area contributed by atoms with Gasteiger partial charge in [-0.2, -0.15) is 26.0 Å². The van der Waals surface area contributed by atoms with E-state index in [1.165, 1.54) is 0 Å². The Morgan fingerprint density at radius 1 is 1.11 bits per heavy atom. The summed E-state index contributed by atoms with van der Waals surface area (Å²) in [6.07, 6.45) is 0.157. The van der Waals surface area contributed by atoms with Gasteiger partial charge in [-0.25, -0.2) is 4.79 Å². The minimum atomic E-state index is -5.84. The maximum absolute atomic E-state index is 12.5. The zero-order chi connectivity index (χ0) is 21.3. The number of hydrogen-bond donors (Lipinski definition) is 0. The molecule has 1 aromatic carbocycles.